The number of hydrogen-bond acceptors (Lipinski definition) is 4. The van der Waals surface area contributed by atoms with Crippen LogP contribution < -0.4 is 10.5 Å². The van der Waals surface area contributed by atoms with Crippen LogP contribution in [0.25, 0.3) is 0 Å². The van der Waals surface area contributed by atoms with Gasteiger partial charge in [-0.3, -0.25) is 4.79 Å². The number of carbonyl (C=O) groups excluding carboxylic acids is 1. The summed E-state index contributed by atoms with van der Waals surface area (Å²) in [6.45, 7) is 6.17. The lowest BCUT2D eigenvalue weighted by Crippen LogP contribution is -2.45. The summed E-state index contributed by atoms with van der Waals surface area (Å²) in [5.41, 5.74) is 5.32. The zero-order chi connectivity index (χ0) is 17.7. The van der Waals surface area contributed by atoms with Crippen molar-refractivity contribution in [3.63, 3.8) is 0 Å². The van der Waals surface area contributed by atoms with E-state index in [0.717, 1.165) is 12.8 Å². The minimum Gasteiger partial charge on any atom is -0.342 e. The van der Waals surface area contributed by atoms with E-state index in [0.29, 0.717) is 6.54 Å². The molecule has 1 rings (SSSR count). The van der Waals surface area contributed by atoms with E-state index in [4.69, 9.17) is 5.73 Å². The molecular weight excluding hydrogens is 314 g/mol. The van der Waals surface area contributed by atoms with Gasteiger partial charge in [-0.05, 0) is 32.4 Å². The minimum atomic E-state index is -3.80. The van der Waals surface area contributed by atoms with Crippen LogP contribution in [0.5, 0.6) is 0 Å². The highest BCUT2D eigenvalue weighted by Crippen LogP contribution is 2.17. The van der Waals surface area contributed by atoms with Crippen LogP contribution in [0.15, 0.2) is 29.2 Å². The van der Waals surface area contributed by atoms with Crippen molar-refractivity contribution in [3.8, 4) is 0 Å². The fourth-order valence-corrected chi connectivity index (χ4v) is 3.36. The first-order chi connectivity index (χ1) is 10.6. The Morgan fingerprint density at radius 1 is 1.30 bits per heavy atom. The van der Waals surface area contributed by atoms with E-state index in [2.05, 4.69) is 4.72 Å². The van der Waals surface area contributed by atoms with Crippen molar-refractivity contribution in [3.05, 3.63) is 29.8 Å². The molecule has 0 aromatic heterocycles. The maximum Gasteiger partial charge on any atom is 0.254 e. The molecule has 0 atom stereocenters. The van der Waals surface area contributed by atoms with Gasteiger partial charge in [0.05, 0.1) is 10.5 Å². The van der Waals surface area contributed by atoms with E-state index < -0.39 is 15.6 Å². The molecule has 0 radical (unpaired) electrons. The molecule has 3 N–H and O–H groups in total. The Hall–Kier alpha value is -1.44. The van der Waals surface area contributed by atoms with Crippen LogP contribution in [0.2, 0.25) is 0 Å². The molecule has 0 unspecified atom stereocenters. The second-order valence-corrected chi connectivity index (χ2v) is 8.12. The smallest absolute Gasteiger partial charge is 0.254 e. The van der Waals surface area contributed by atoms with E-state index in [9.17, 15) is 13.2 Å². The van der Waals surface area contributed by atoms with Crippen LogP contribution >= 0.6 is 0 Å². The summed E-state index contributed by atoms with van der Waals surface area (Å²) in [6, 6.07) is 6.23. The highest BCUT2D eigenvalue weighted by Gasteiger charge is 2.25. The van der Waals surface area contributed by atoms with E-state index in [1.165, 1.54) is 12.1 Å². The molecule has 1 aromatic carbocycles. The fourth-order valence-electron chi connectivity index (χ4n) is 1.94. The molecule has 23 heavy (non-hydrogen) atoms. The lowest BCUT2D eigenvalue weighted by atomic mass is 10.1. The monoisotopic (exact) mass is 341 g/mol. The molecule has 0 fully saturated rings. The summed E-state index contributed by atoms with van der Waals surface area (Å²) in [5, 5.41) is 0. The maximum atomic E-state index is 12.5. The van der Waals surface area contributed by atoms with Crippen molar-refractivity contribution in [1.29, 1.82) is 0 Å². The average Bonchev–Trinajstić information content (AvgIpc) is 2.49. The van der Waals surface area contributed by atoms with Gasteiger partial charge in [-0.25, -0.2) is 13.1 Å². The number of nitrogens with two attached hydrogens (primary N) is 1. The molecule has 6 nitrogen and oxygen atoms in total. The van der Waals surface area contributed by atoms with Crippen molar-refractivity contribution in [2.75, 3.05) is 20.1 Å². The minimum absolute atomic E-state index is 0.0161. The zero-order valence-electron chi connectivity index (χ0n) is 14.3. The number of unbranched alkanes of at least 4 members (excludes halogenated alkanes) is 1. The first kappa shape index (κ1) is 19.6. The zero-order valence-corrected chi connectivity index (χ0v) is 15.1. The summed E-state index contributed by atoms with van der Waals surface area (Å²) < 4.78 is 27.5. The van der Waals surface area contributed by atoms with Gasteiger partial charge in [0.2, 0.25) is 10.0 Å². The van der Waals surface area contributed by atoms with Crippen LogP contribution in [0.3, 0.4) is 0 Å². The van der Waals surface area contributed by atoms with Gasteiger partial charge >= 0.3 is 0 Å². The second kappa shape index (κ2) is 7.90. The first-order valence-corrected chi connectivity index (χ1v) is 9.20. The van der Waals surface area contributed by atoms with Gasteiger partial charge in [-0.2, -0.15) is 0 Å². The van der Waals surface area contributed by atoms with Gasteiger partial charge < -0.3 is 10.6 Å². The summed E-state index contributed by atoms with van der Waals surface area (Å²) in [7, 11) is -2.12. The Bertz CT molecular complexity index is 636. The predicted molar refractivity (Wildman–Crippen MR) is 91.8 cm³/mol. The van der Waals surface area contributed by atoms with Crippen molar-refractivity contribution < 1.29 is 13.2 Å². The molecule has 0 spiro atoms. The fraction of sp³-hybridized carbons (Fsp3) is 0.562. The van der Waals surface area contributed by atoms with Crippen LogP contribution in [-0.4, -0.2) is 44.9 Å². The number of rotatable bonds is 8. The second-order valence-electron chi connectivity index (χ2n) is 6.39. The first-order valence-electron chi connectivity index (χ1n) is 7.71. The Balaban J connectivity index is 3.07. The highest BCUT2D eigenvalue weighted by atomic mass is 32.2. The molecule has 0 saturated carbocycles. The lowest BCUT2D eigenvalue weighted by Gasteiger charge is -2.21. The molecule has 130 valence electrons. The van der Waals surface area contributed by atoms with E-state index >= 15 is 0 Å². The van der Waals surface area contributed by atoms with E-state index in [-0.39, 0.29) is 22.9 Å². The normalized spacial score (nSPS) is 12.2. The van der Waals surface area contributed by atoms with Crippen LogP contribution in [0.1, 0.15) is 44.0 Å². The van der Waals surface area contributed by atoms with Gasteiger partial charge in [0.1, 0.15) is 0 Å². The quantitative estimate of drug-likeness (QED) is 0.751. The summed E-state index contributed by atoms with van der Waals surface area (Å²) in [6.07, 6.45) is 1.83. The average molecular weight is 341 g/mol. The van der Waals surface area contributed by atoms with Gasteiger partial charge in [0.15, 0.2) is 0 Å². The Morgan fingerprint density at radius 2 is 1.91 bits per heavy atom. The molecule has 0 aliphatic rings. The predicted octanol–water partition coefficient (Wildman–Crippen LogP) is 1.57. The third-order valence-electron chi connectivity index (χ3n) is 3.32. The number of amides is 1. The highest BCUT2D eigenvalue weighted by molar-refractivity contribution is 7.89. The van der Waals surface area contributed by atoms with Gasteiger partial charge in [0, 0.05) is 25.7 Å². The third-order valence-corrected chi connectivity index (χ3v) is 4.78. The van der Waals surface area contributed by atoms with E-state index in [1.807, 2.05) is 6.92 Å². The van der Waals surface area contributed by atoms with Crippen LogP contribution in [-0.2, 0) is 10.0 Å². The topological polar surface area (TPSA) is 92.5 Å². The lowest BCUT2D eigenvalue weighted by molar-refractivity contribution is 0.0789. The summed E-state index contributed by atoms with van der Waals surface area (Å²) >= 11 is 0. The number of benzene rings is 1. The number of nitrogens with one attached hydrogen (secondary N) is 1. The molecule has 0 heterocycles. The van der Waals surface area contributed by atoms with Crippen LogP contribution in [0.4, 0.5) is 0 Å². The number of nitrogens with zero attached hydrogens (tertiary/aromatic N) is 1. The number of hydrogen-bond donors (Lipinski definition) is 2. The third kappa shape index (κ3) is 5.93. The summed E-state index contributed by atoms with van der Waals surface area (Å²) in [4.78, 5) is 14.1. The maximum absolute atomic E-state index is 12.5. The molecule has 0 saturated heterocycles. The standard InChI is InChI=1S/C16H27N3O3S/c1-5-6-11-19(4)15(20)13-9-7-8-10-14(13)23(21,22)18-12-16(2,3)17/h7-10,18H,5-6,11-12,17H2,1-4H3. The molecule has 0 aliphatic heterocycles. The van der Waals surface area contributed by atoms with E-state index in [1.54, 1.807) is 37.9 Å². The van der Waals surface area contributed by atoms with Crippen molar-refractivity contribution in [1.82, 2.24) is 9.62 Å². The number of carbonyl (C=O) groups is 1. The van der Waals surface area contributed by atoms with Crippen LogP contribution in [0, 0.1) is 0 Å². The molecule has 7 heteroatoms. The Kier molecular flexibility index (Phi) is 6.73. The molecule has 1 aromatic rings. The van der Waals surface area contributed by atoms with Gasteiger partial charge in [-0.15, -0.1) is 0 Å². The van der Waals surface area contributed by atoms with Crippen molar-refractivity contribution in [2.24, 2.45) is 5.73 Å². The van der Waals surface area contributed by atoms with Crippen molar-refractivity contribution in [2.45, 2.75) is 44.0 Å². The number of sulfonamides is 1. The molecule has 0 bridgehead atoms. The van der Waals surface area contributed by atoms with Gasteiger partial charge in [-0.1, -0.05) is 25.5 Å². The molecular formula is C16H27N3O3S. The Morgan fingerprint density at radius 3 is 2.48 bits per heavy atom. The SMILES string of the molecule is CCCCN(C)C(=O)c1ccccc1S(=O)(=O)NCC(C)(C)N. The van der Waals surface area contributed by atoms with Gasteiger partial charge in [0.25, 0.3) is 5.91 Å². The largest absolute Gasteiger partial charge is 0.342 e. The Labute approximate surface area is 139 Å². The molecule has 1 amide bonds. The van der Waals surface area contributed by atoms with Crippen molar-refractivity contribution >= 4 is 15.9 Å². The summed E-state index contributed by atoms with van der Waals surface area (Å²) in [5.74, 6) is -0.300. The molecule has 0 aliphatic carbocycles.